The molecule has 0 aromatic carbocycles. The van der Waals surface area contributed by atoms with Crippen molar-refractivity contribution in [3.8, 4) is 0 Å². The standard InChI is InChI=1S/C20H24N4O2S/c1-15(25)24(13-16-4-10-27-14-16)18-11-20(18)5-8-23(9-6-20)19(26)22-17-3-2-7-21-12-17/h2-4,7,10,12,14,18H,5-6,8-9,11,13H2,1H3,(H,22,26)/t18-/m1/s1. The molecule has 2 aromatic heterocycles. The molecule has 142 valence electrons. The van der Waals surface area contributed by atoms with Crippen molar-refractivity contribution >= 4 is 29.0 Å². The van der Waals surface area contributed by atoms with Gasteiger partial charge in [0.05, 0.1) is 11.9 Å². The van der Waals surface area contributed by atoms with Crippen molar-refractivity contribution in [1.29, 1.82) is 0 Å². The van der Waals surface area contributed by atoms with Gasteiger partial charge in [-0.15, -0.1) is 0 Å². The van der Waals surface area contributed by atoms with Gasteiger partial charge in [-0.3, -0.25) is 9.78 Å². The third kappa shape index (κ3) is 3.83. The fourth-order valence-electron chi connectivity index (χ4n) is 4.12. The number of carbonyl (C=O) groups excluding carboxylic acids is 2. The summed E-state index contributed by atoms with van der Waals surface area (Å²) in [5, 5.41) is 7.06. The van der Waals surface area contributed by atoms with E-state index in [2.05, 4.69) is 27.1 Å². The number of aromatic nitrogens is 1. The van der Waals surface area contributed by atoms with Crippen molar-refractivity contribution in [2.75, 3.05) is 18.4 Å². The summed E-state index contributed by atoms with van der Waals surface area (Å²) < 4.78 is 0. The Bertz CT molecular complexity index is 801. The van der Waals surface area contributed by atoms with Gasteiger partial charge in [0.2, 0.25) is 5.91 Å². The van der Waals surface area contributed by atoms with Gasteiger partial charge in [0.1, 0.15) is 0 Å². The molecule has 2 aromatic rings. The molecule has 0 radical (unpaired) electrons. The Morgan fingerprint density at radius 1 is 1.37 bits per heavy atom. The number of carbonyl (C=O) groups is 2. The first-order valence-corrected chi connectivity index (χ1v) is 10.3. The molecule has 1 aliphatic carbocycles. The maximum Gasteiger partial charge on any atom is 0.321 e. The largest absolute Gasteiger partial charge is 0.335 e. The predicted octanol–water partition coefficient (Wildman–Crippen LogP) is 3.58. The zero-order valence-corrected chi connectivity index (χ0v) is 16.2. The lowest BCUT2D eigenvalue weighted by Gasteiger charge is -2.34. The summed E-state index contributed by atoms with van der Waals surface area (Å²) in [4.78, 5) is 32.6. The molecule has 4 rings (SSSR count). The highest BCUT2D eigenvalue weighted by atomic mass is 32.1. The summed E-state index contributed by atoms with van der Waals surface area (Å²) in [6, 6.07) is 5.96. The number of anilines is 1. The highest BCUT2D eigenvalue weighted by Crippen LogP contribution is 2.57. The molecule has 3 amide bonds. The van der Waals surface area contributed by atoms with E-state index in [9.17, 15) is 9.59 Å². The van der Waals surface area contributed by atoms with Crippen LogP contribution in [0.15, 0.2) is 41.4 Å². The highest BCUT2D eigenvalue weighted by Gasteiger charge is 2.58. The fraction of sp³-hybridized carbons (Fsp3) is 0.450. The van der Waals surface area contributed by atoms with Crippen LogP contribution in [-0.2, 0) is 11.3 Å². The van der Waals surface area contributed by atoms with Crippen LogP contribution >= 0.6 is 11.3 Å². The van der Waals surface area contributed by atoms with E-state index in [0.29, 0.717) is 18.3 Å². The summed E-state index contributed by atoms with van der Waals surface area (Å²) in [5.41, 5.74) is 2.10. The second-order valence-electron chi connectivity index (χ2n) is 7.52. The summed E-state index contributed by atoms with van der Waals surface area (Å²) >= 11 is 1.66. The molecule has 2 fully saturated rings. The van der Waals surface area contributed by atoms with Gasteiger partial charge in [-0.25, -0.2) is 4.79 Å². The van der Waals surface area contributed by atoms with Crippen LogP contribution in [0.4, 0.5) is 10.5 Å². The van der Waals surface area contributed by atoms with E-state index in [1.807, 2.05) is 15.9 Å². The maximum absolute atomic E-state index is 12.5. The van der Waals surface area contributed by atoms with Crippen molar-refractivity contribution < 1.29 is 9.59 Å². The van der Waals surface area contributed by atoms with Gasteiger partial charge in [0.15, 0.2) is 0 Å². The highest BCUT2D eigenvalue weighted by molar-refractivity contribution is 7.07. The SMILES string of the molecule is CC(=O)N(Cc1ccsc1)[C@@H]1CC12CCN(C(=O)Nc1cccnc1)CC2. The first-order chi connectivity index (χ1) is 13.1. The molecule has 1 spiro atoms. The van der Waals surface area contributed by atoms with Crippen LogP contribution in [0.2, 0.25) is 0 Å². The van der Waals surface area contributed by atoms with E-state index >= 15 is 0 Å². The lowest BCUT2D eigenvalue weighted by Crippen LogP contribution is -2.44. The van der Waals surface area contributed by atoms with Crippen molar-refractivity contribution in [1.82, 2.24) is 14.8 Å². The topological polar surface area (TPSA) is 65.5 Å². The number of likely N-dealkylation sites (tertiary alicyclic amines) is 1. The molecule has 1 N–H and O–H groups in total. The van der Waals surface area contributed by atoms with Gasteiger partial charge in [0, 0.05) is 38.8 Å². The summed E-state index contributed by atoms with van der Waals surface area (Å²) in [6.45, 7) is 3.81. The van der Waals surface area contributed by atoms with E-state index in [0.717, 1.165) is 32.4 Å². The van der Waals surface area contributed by atoms with E-state index in [1.54, 1.807) is 36.7 Å². The third-order valence-corrected chi connectivity index (χ3v) is 6.55. The molecule has 0 unspecified atom stereocenters. The van der Waals surface area contributed by atoms with Crippen molar-refractivity contribution in [3.63, 3.8) is 0 Å². The minimum absolute atomic E-state index is 0.0725. The Balaban J connectivity index is 1.33. The molecule has 0 bridgehead atoms. The van der Waals surface area contributed by atoms with E-state index in [4.69, 9.17) is 0 Å². The van der Waals surface area contributed by atoms with Gasteiger partial charge < -0.3 is 15.1 Å². The molecule has 1 aliphatic heterocycles. The number of piperidine rings is 1. The van der Waals surface area contributed by atoms with E-state index in [1.165, 1.54) is 5.56 Å². The molecule has 1 atom stereocenters. The van der Waals surface area contributed by atoms with E-state index < -0.39 is 0 Å². The van der Waals surface area contributed by atoms with Crippen molar-refractivity contribution in [3.05, 3.63) is 46.9 Å². The lowest BCUT2D eigenvalue weighted by molar-refractivity contribution is -0.130. The predicted molar refractivity (Wildman–Crippen MR) is 105 cm³/mol. The first-order valence-electron chi connectivity index (χ1n) is 9.32. The molecule has 6 nitrogen and oxygen atoms in total. The summed E-state index contributed by atoms with van der Waals surface area (Å²) in [7, 11) is 0. The van der Waals surface area contributed by atoms with Crippen LogP contribution in [0.5, 0.6) is 0 Å². The maximum atomic E-state index is 12.5. The summed E-state index contributed by atoms with van der Waals surface area (Å²) in [6.07, 6.45) is 6.28. The average Bonchev–Trinajstić information content (AvgIpc) is 3.10. The monoisotopic (exact) mass is 384 g/mol. The van der Waals surface area contributed by atoms with Crippen LogP contribution in [-0.4, -0.2) is 45.9 Å². The zero-order chi connectivity index (χ0) is 18.9. The molecule has 27 heavy (non-hydrogen) atoms. The number of rotatable bonds is 4. The average molecular weight is 385 g/mol. The smallest absolute Gasteiger partial charge is 0.321 e. The second-order valence-corrected chi connectivity index (χ2v) is 8.30. The van der Waals surface area contributed by atoms with Gasteiger partial charge in [0.25, 0.3) is 0 Å². The molecular weight excluding hydrogens is 360 g/mol. The number of urea groups is 1. The Labute approximate surface area is 163 Å². The minimum Gasteiger partial charge on any atom is -0.335 e. The Morgan fingerprint density at radius 2 is 2.19 bits per heavy atom. The normalized spacial score (nSPS) is 20.3. The number of hydrogen-bond donors (Lipinski definition) is 1. The van der Waals surface area contributed by atoms with Gasteiger partial charge in [-0.05, 0) is 59.2 Å². The number of nitrogens with zero attached hydrogens (tertiary/aromatic N) is 3. The molecule has 2 aliphatic rings. The fourth-order valence-corrected chi connectivity index (χ4v) is 4.78. The minimum atomic E-state index is -0.0725. The van der Waals surface area contributed by atoms with Crippen LogP contribution in [0.1, 0.15) is 31.7 Å². The third-order valence-electron chi connectivity index (χ3n) is 5.82. The van der Waals surface area contributed by atoms with Crippen molar-refractivity contribution in [2.45, 2.75) is 38.8 Å². The molecule has 3 heterocycles. The van der Waals surface area contributed by atoms with Crippen LogP contribution in [0.3, 0.4) is 0 Å². The quantitative estimate of drug-likeness (QED) is 0.876. The Kier molecular flexibility index (Phi) is 4.86. The molecular formula is C20H24N4O2S. The van der Waals surface area contributed by atoms with Crippen LogP contribution in [0.25, 0.3) is 0 Å². The lowest BCUT2D eigenvalue weighted by atomic mass is 9.92. The number of pyridine rings is 1. The summed E-state index contributed by atoms with van der Waals surface area (Å²) in [5.74, 6) is 0.139. The second kappa shape index (κ2) is 7.31. The van der Waals surface area contributed by atoms with Crippen molar-refractivity contribution in [2.24, 2.45) is 5.41 Å². The number of hydrogen-bond acceptors (Lipinski definition) is 4. The molecule has 1 saturated heterocycles. The van der Waals surface area contributed by atoms with Gasteiger partial charge in [-0.2, -0.15) is 11.3 Å². The number of thiophene rings is 1. The molecule has 7 heteroatoms. The Hall–Kier alpha value is -2.41. The first kappa shape index (κ1) is 18.0. The van der Waals surface area contributed by atoms with Crippen LogP contribution in [0, 0.1) is 5.41 Å². The zero-order valence-electron chi connectivity index (χ0n) is 15.4. The van der Waals surface area contributed by atoms with Crippen LogP contribution < -0.4 is 5.32 Å². The molecule has 1 saturated carbocycles. The van der Waals surface area contributed by atoms with Gasteiger partial charge >= 0.3 is 6.03 Å². The Morgan fingerprint density at radius 3 is 2.81 bits per heavy atom. The van der Waals surface area contributed by atoms with E-state index in [-0.39, 0.29) is 17.4 Å². The number of amides is 3. The number of nitrogens with one attached hydrogen (secondary N) is 1. The van der Waals surface area contributed by atoms with Gasteiger partial charge in [-0.1, -0.05) is 0 Å².